The first-order valence-electron chi connectivity index (χ1n) is 5.06. The van der Waals surface area contributed by atoms with Crippen molar-refractivity contribution in [1.82, 2.24) is 14.7 Å². The van der Waals surface area contributed by atoms with Crippen molar-refractivity contribution in [2.24, 2.45) is 5.92 Å². The number of H-pyrrole nitrogens is 1. The molecule has 0 aliphatic heterocycles. The zero-order chi connectivity index (χ0) is 13.1. The molecule has 0 radical (unpaired) electrons. The van der Waals surface area contributed by atoms with Crippen LogP contribution >= 0.6 is 0 Å². The minimum atomic E-state index is -3.86. The fraction of sp³-hybridized carbons (Fsp3) is 0.556. The number of nitrogens with zero attached hydrogens (tertiary/aromatic N) is 1. The van der Waals surface area contributed by atoms with Crippen LogP contribution in [-0.2, 0) is 14.8 Å². The zero-order valence-electron chi connectivity index (χ0n) is 9.54. The summed E-state index contributed by atoms with van der Waals surface area (Å²) in [6.07, 6.45) is 2.56. The number of aliphatic carboxylic acids is 1. The van der Waals surface area contributed by atoms with Crippen LogP contribution in [0, 0.1) is 5.92 Å². The SMILES string of the molecule is CC(C)C[C@@H](NS(=O)(=O)c1cnc[nH]1)C(=O)O. The number of nitrogens with one attached hydrogen (secondary N) is 2. The Morgan fingerprint density at radius 3 is 2.65 bits per heavy atom. The van der Waals surface area contributed by atoms with Gasteiger partial charge in [-0.3, -0.25) is 4.79 Å². The maximum Gasteiger partial charge on any atom is 0.321 e. The summed E-state index contributed by atoms with van der Waals surface area (Å²) in [5.74, 6) is -1.12. The van der Waals surface area contributed by atoms with Crippen molar-refractivity contribution < 1.29 is 18.3 Å². The van der Waals surface area contributed by atoms with E-state index in [1.165, 1.54) is 6.33 Å². The average Bonchev–Trinajstić information content (AvgIpc) is 2.68. The largest absolute Gasteiger partial charge is 0.480 e. The number of carboxylic acid groups (broad SMARTS) is 1. The average molecular weight is 261 g/mol. The van der Waals surface area contributed by atoms with Gasteiger partial charge < -0.3 is 10.1 Å². The van der Waals surface area contributed by atoms with E-state index in [0.717, 1.165) is 6.20 Å². The van der Waals surface area contributed by atoms with Gasteiger partial charge in [-0.25, -0.2) is 13.4 Å². The summed E-state index contributed by atoms with van der Waals surface area (Å²) in [6.45, 7) is 3.64. The molecule has 1 aromatic rings. The van der Waals surface area contributed by atoms with Crippen LogP contribution in [0.3, 0.4) is 0 Å². The molecule has 0 unspecified atom stereocenters. The number of aromatic amines is 1. The highest BCUT2D eigenvalue weighted by molar-refractivity contribution is 7.89. The Morgan fingerprint density at radius 2 is 2.24 bits per heavy atom. The number of hydrogen-bond acceptors (Lipinski definition) is 4. The van der Waals surface area contributed by atoms with Crippen molar-refractivity contribution in [3.8, 4) is 0 Å². The third kappa shape index (κ3) is 3.82. The van der Waals surface area contributed by atoms with Gasteiger partial charge in [-0.1, -0.05) is 13.8 Å². The molecule has 17 heavy (non-hydrogen) atoms. The van der Waals surface area contributed by atoms with E-state index in [2.05, 4.69) is 14.7 Å². The molecule has 0 spiro atoms. The summed E-state index contributed by atoms with van der Waals surface area (Å²) >= 11 is 0. The third-order valence-corrected chi connectivity index (χ3v) is 3.46. The fourth-order valence-electron chi connectivity index (χ4n) is 1.31. The molecule has 1 heterocycles. The van der Waals surface area contributed by atoms with Crippen LogP contribution in [0.5, 0.6) is 0 Å². The monoisotopic (exact) mass is 261 g/mol. The number of carbonyl (C=O) groups is 1. The van der Waals surface area contributed by atoms with Gasteiger partial charge in [0.15, 0.2) is 5.03 Å². The van der Waals surface area contributed by atoms with Gasteiger partial charge in [0, 0.05) is 0 Å². The number of carboxylic acids is 1. The summed E-state index contributed by atoms with van der Waals surface area (Å²) in [5, 5.41) is 8.78. The lowest BCUT2D eigenvalue weighted by molar-refractivity contribution is -0.139. The van der Waals surface area contributed by atoms with E-state index in [0.29, 0.717) is 0 Å². The molecule has 1 rings (SSSR count). The Hall–Kier alpha value is -1.41. The molecule has 0 saturated heterocycles. The summed E-state index contributed by atoms with van der Waals surface area (Å²) in [4.78, 5) is 16.9. The quantitative estimate of drug-likeness (QED) is 0.676. The lowest BCUT2D eigenvalue weighted by Gasteiger charge is -2.15. The van der Waals surface area contributed by atoms with E-state index in [9.17, 15) is 13.2 Å². The fourth-order valence-corrected chi connectivity index (χ4v) is 2.42. The second-order valence-corrected chi connectivity index (χ2v) is 5.74. The lowest BCUT2D eigenvalue weighted by Crippen LogP contribution is -2.41. The van der Waals surface area contributed by atoms with Crippen LogP contribution in [0.2, 0.25) is 0 Å². The Bertz CT molecular complexity index is 466. The molecular formula is C9H15N3O4S. The highest BCUT2D eigenvalue weighted by Crippen LogP contribution is 2.09. The molecule has 0 aliphatic rings. The highest BCUT2D eigenvalue weighted by atomic mass is 32.2. The summed E-state index contributed by atoms with van der Waals surface area (Å²) in [7, 11) is -3.86. The van der Waals surface area contributed by atoms with Crippen LogP contribution in [0.25, 0.3) is 0 Å². The number of imidazole rings is 1. The predicted molar refractivity (Wildman–Crippen MR) is 59.8 cm³/mol. The van der Waals surface area contributed by atoms with E-state index < -0.39 is 22.0 Å². The van der Waals surface area contributed by atoms with Crippen LogP contribution in [0.15, 0.2) is 17.6 Å². The Morgan fingerprint density at radius 1 is 1.59 bits per heavy atom. The molecule has 8 heteroatoms. The first-order chi connectivity index (χ1) is 7.83. The van der Waals surface area contributed by atoms with Crippen molar-refractivity contribution in [3.63, 3.8) is 0 Å². The van der Waals surface area contributed by atoms with E-state index in [4.69, 9.17) is 5.11 Å². The molecule has 0 amide bonds. The zero-order valence-corrected chi connectivity index (χ0v) is 10.4. The Kier molecular flexibility index (Phi) is 4.24. The van der Waals surface area contributed by atoms with Crippen molar-refractivity contribution >= 4 is 16.0 Å². The number of rotatable bonds is 6. The molecule has 0 aliphatic carbocycles. The van der Waals surface area contributed by atoms with Crippen LogP contribution in [0.1, 0.15) is 20.3 Å². The van der Waals surface area contributed by atoms with E-state index in [1.54, 1.807) is 0 Å². The number of hydrogen-bond donors (Lipinski definition) is 3. The standard InChI is InChI=1S/C9H15N3O4S/c1-6(2)3-7(9(13)14)12-17(15,16)8-4-10-5-11-8/h4-7,12H,3H2,1-2H3,(H,10,11)(H,13,14)/t7-/m1/s1. The topological polar surface area (TPSA) is 112 Å². The molecule has 7 nitrogen and oxygen atoms in total. The molecular weight excluding hydrogens is 246 g/mol. The second-order valence-electron chi connectivity index (χ2n) is 4.06. The molecule has 0 aromatic carbocycles. The maximum atomic E-state index is 11.7. The number of aromatic nitrogens is 2. The predicted octanol–water partition coefficient (Wildman–Crippen LogP) is 0.187. The second kappa shape index (κ2) is 5.28. The van der Waals surface area contributed by atoms with Crippen molar-refractivity contribution in [1.29, 1.82) is 0 Å². The summed E-state index contributed by atoms with van der Waals surface area (Å²) in [6, 6.07) is -1.14. The molecule has 0 saturated carbocycles. The van der Waals surface area contributed by atoms with Crippen molar-refractivity contribution in [3.05, 3.63) is 12.5 Å². The Labute approximate surface area is 99.3 Å². The summed E-state index contributed by atoms with van der Waals surface area (Å²) in [5.41, 5.74) is 0. The smallest absolute Gasteiger partial charge is 0.321 e. The van der Waals surface area contributed by atoms with Gasteiger partial charge in [0.25, 0.3) is 10.0 Å². The van der Waals surface area contributed by atoms with Crippen LogP contribution < -0.4 is 4.72 Å². The highest BCUT2D eigenvalue weighted by Gasteiger charge is 2.26. The van der Waals surface area contributed by atoms with Gasteiger partial charge >= 0.3 is 5.97 Å². The summed E-state index contributed by atoms with van der Waals surface area (Å²) < 4.78 is 25.6. The maximum absolute atomic E-state index is 11.7. The van der Waals surface area contributed by atoms with E-state index >= 15 is 0 Å². The minimum absolute atomic E-state index is 0.0700. The first-order valence-corrected chi connectivity index (χ1v) is 6.54. The molecule has 96 valence electrons. The molecule has 1 atom stereocenters. The van der Waals surface area contributed by atoms with Crippen LogP contribution in [0.4, 0.5) is 0 Å². The van der Waals surface area contributed by atoms with E-state index in [-0.39, 0.29) is 17.4 Å². The van der Waals surface area contributed by atoms with Crippen molar-refractivity contribution in [2.75, 3.05) is 0 Å². The molecule has 3 N–H and O–H groups in total. The third-order valence-electron chi connectivity index (χ3n) is 2.07. The van der Waals surface area contributed by atoms with Gasteiger partial charge in [-0.15, -0.1) is 0 Å². The van der Waals surface area contributed by atoms with Gasteiger partial charge in [-0.2, -0.15) is 4.72 Å². The normalized spacial score (nSPS) is 13.8. The van der Waals surface area contributed by atoms with Crippen LogP contribution in [-0.4, -0.2) is 35.5 Å². The minimum Gasteiger partial charge on any atom is -0.480 e. The van der Waals surface area contributed by atoms with Gasteiger partial charge in [-0.05, 0) is 12.3 Å². The molecule has 0 bridgehead atoms. The first kappa shape index (κ1) is 13.7. The van der Waals surface area contributed by atoms with Gasteiger partial charge in [0.2, 0.25) is 0 Å². The van der Waals surface area contributed by atoms with Crippen molar-refractivity contribution in [2.45, 2.75) is 31.3 Å². The molecule has 1 aromatic heterocycles. The van der Waals surface area contributed by atoms with E-state index in [1.807, 2.05) is 13.8 Å². The molecule has 0 fully saturated rings. The number of sulfonamides is 1. The lowest BCUT2D eigenvalue weighted by atomic mass is 10.1. The van der Waals surface area contributed by atoms with Gasteiger partial charge in [0.1, 0.15) is 6.04 Å². The van der Waals surface area contributed by atoms with Gasteiger partial charge in [0.05, 0.1) is 12.5 Å². The Balaban J connectivity index is 2.84.